The predicted molar refractivity (Wildman–Crippen MR) is 76.5 cm³/mol. The van der Waals surface area contributed by atoms with Gasteiger partial charge in [0.25, 0.3) is 0 Å². The molecule has 1 N–H and O–H groups in total. The molecular weight excluding hydrogens is 270 g/mol. The molecule has 0 saturated carbocycles. The van der Waals surface area contributed by atoms with Crippen LogP contribution in [0.15, 0.2) is 12.7 Å². The minimum Gasteiger partial charge on any atom is -0.395 e. The van der Waals surface area contributed by atoms with Crippen molar-refractivity contribution in [3.05, 3.63) is 12.7 Å². The van der Waals surface area contributed by atoms with Crippen LogP contribution in [0.5, 0.6) is 0 Å². The third kappa shape index (κ3) is 2.67. The molecule has 7 heteroatoms. The van der Waals surface area contributed by atoms with Crippen LogP contribution in [0.2, 0.25) is 0 Å². The summed E-state index contributed by atoms with van der Waals surface area (Å²) in [7, 11) is 0. The highest BCUT2D eigenvalue weighted by molar-refractivity contribution is 5.87. The first-order chi connectivity index (χ1) is 10.3. The lowest BCUT2D eigenvalue weighted by Gasteiger charge is -2.44. The number of likely N-dealkylation sites (tertiary alicyclic amines) is 2. The Bertz CT molecular complexity index is 476. The van der Waals surface area contributed by atoms with Crippen molar-refractivity contribution in [2.75, 3.05) is 32.8 Å². The van der Waals surface area contributed by atoms with Crippen LogP contribution in [0, 0.1) is 0 Å². The van der Waals surface area contributed by atoms with E-state index in [0.717, 1.165) is 51.9 Å². The summed E-state index contributed by atoms with van der Waals surface area (Å²) in [5.41, 5.74) is -0.332. The number of aliphatic hydroxyl groups excluding tert-OH is 1. The molecule has 0 radical (unpaired) electrons. The van der Waals surface area contributed by atoms with E-state index in [0.29, 0.717) is 6.54 Å². The van der Waals surface area contributed by atoms with Gasteiger partial charge in [-0.3, -0.25) is 9.69 Å². The molecule has 116 valence electrons. The Morgan fingerprint density at radius 1 is 1.10 bits per heavy atom. The van der Waals surface area contributed by atoms with Gasteiger partial charge >= 0.3 is 0 Å². The molecule has 2 aliphatic heterocycles. The van der Waals surface area contributed by atoms with Gasteiger partial charge in [0.2, 0.25) is 5.91 Å². The number of piperidine rings is 1. The van der Waals surface area contributed by atoms with Crippen molar-refractivity contribution in [3.8, 4) is 0 Å². The van der Waals surface area contributed by atoms with Crippen LogP contribution < -0.4 is 0 Å². The molecule has 21 heavy (non-hydrogen) atoms. The summed E-state index contributed by atoms with van der Waals surface area (Å²) < 4.78 is 1.95. The van der Waals surface area contributed by atoms with E-state index >= 15 is 0 Å². The van der Waals surface area contributed by atoms with Crippen molar-refractivity contribution < 1.29 is 9.90 Å². The fourth-order valence-electron chi connectivity index (χ4n) is 3.76. The predicted octanol–water partition coefficient (Wildman–Crippen LogP) is -0.273. The Morgan fingerprint density at radius 2 is 1.81 bits per heavy atom. The van der Waals surface area contributed by atoms with Crippen LogP contribution in [0.25, 0.3) is 0 Å². The van der Waals surface area contributed by atoms with Gasteiger partial charge in [-0.25, -0.2) is 0 Å². The van der Waals surface area contributed by atoms with Gasteiger partial charge in [0.1, 0.15) is 18.2 Å². The fraction of sp³-hybridized carbons (Fsp3) is 0.786. The maximum absolute atomic E-state index is 12.9. The smallest absolute Gasteiger partial charge is 0.243 e. The van der Waals surface area contributed by atoms with E-state index in [1.807, 2.05) is 9.47 Å². The summed E-state index contributed by atoms with van der Waals surface area (Å²) in [4.78, 5) is 17.0. The normalized spacial score (nSPS) is 26.9. The first-order valence-corrected chi connectivity index (χ1v) is 7.74. The van der Waals surface area contributed by atoms with Gasteiger partial charge in [0.05, 0.1) is 6.61 Å². The SMILES string of the molecule is O=C1N(CCO)CCCC12CCCN2CCn1cnnc1. The number of nitrogens with zero attached hydrogens (tertiary/aromatic N) is 5. The number of aromatic nitrogens is 3. The number of rotatable bonds is 5. The number of carbonyl (C=O) groups is 1. The molecule has 1 aromatic rings. The summed E-state index contributed by atoms with van der Waals surface area (Å²) in [5, 5.41) is 16.8. The highest BCUT2D eigenvalue weighted by Gasteiger charge is 2.50. The zero-order valence-corrected chi connectivity index (χ0v) is 12.3. The molecular formula is C14H23N5O2. The van der Waals surface area contributed by atoms with Gasteiger partial charge in [-0.15, -0.1) is 10.2 Å². The Balaban J connectivity index is 1.70. The van der Waals surface area contributed by atoms with Gasteiger partial charge in [0, 0.05) is 26.2 Å². The van der Waals surface area contributed by atoms with E-state index in [9.17, 15) is 4.79 Å². The first kappa shape index (κ1) is 14.5. The number of hydrogen-bond donors (Lipinski definition) is 1. The Morgan fingerprint density at radius 3 is 2.52 bits per heavy atom. The molecule has 3 rings (SSSR count). The summed E-state index contributed by atoms with van der Waals surface area (Å²) in [6.45, 7) is 3.91. The van der Waals surface area contributed by atoms with Crippen LogP contribution in [0.3, 0.4) is 0 Å². The average molecular weight is 293 g/mol. The van der Waals surface area contributed by atoms with Crippen molar-refractivity contribution in [1.82, 2.24) is 24.6 Å². The van der Waals surface area contributed by atoms with E-state index in [1.54, 1.807) is 12.7 Å². The van der Waals surface area contributed by atoms with Crippen molar-refractivity contribution in [1.29, 1.82) is 0 Å². The second-order valence-electron chi connectivity index (χ2n) is 5.94. The average Bonchev–Trinajstić information content (AvgIpc) is 3.12. The number of β-amino-alcohol motifs (C(OH)–C–C–N with tert-alkyl or cyclic N) is 1. The number of amides is 1. The standard InChI is InChI=1S/C14H23N5O2/c20-10-9-18-5-1-3-14(13(18)21)4-2-6-19(14)8-7-17-11-15-16-12-17/h11-12,20H,1-10H2. The quantitative estimate of drug-likeness (QED) is 0.809. The molecule has 1 atom stereocenters. The largest absolute Gasteiger partial charge is 0.395 e. The lowest BCUT2D eigenvalue weighted by atomic mass is 9.85. The highest BCUT2D eigenvalue weighted by atomic mass is 16.3. The maximum Gasteiger partial charge on any atom is 0.243 e. The van der Waals surface area contributed by atoms with E-state index in [1.165, 1.54) is 0 Å². The minimum atomic E-state index is -0.332. The molecule has 0 bridgehead atoms. The van der Waals surface area contributed by atoms with Crippen molar-refractivity contribution >= 4 is 5.91 Å². The van der Waals surface area contributed by atoms with E-state index in [2.05, 4.69) is 15.1 Å². The molecule has 0 aromatic carbocycles. The van der Waals surface area contributed by atoms with Crippen molar-refractivity contribution in [2.24, 2.45) is 0 Å². The molecule has 0 aliphatic carbocycles. The minimum absolute atomic E-state index is 0.0442. The molecule has 1 amide bonds. The third-order valence-electron chi connectivity index (χ3n) is 4.79. The fourth-order valence-corrected chi connectivity index (χ4v) is 3.76. The zero-order valence-electron chi connectivity index (χ0n) is 12.3. The van der Waals surface area contributed by atoms with Gasteiger partial charge < -0.3 is 14.6 Å². The Hall–Kier alpha value is -1.47. The molecule has 2 fully saturated rings. The van der Waals surface area contributed by atoms with E-state index < -0.39 is 0 Å². The molecule has 7 nitrogen and oxygen atoms in total. The monoisotopic (exact) mass is 293 g/mol. The van der Waals surface area contributed by atoms with Crippen LogP contribution in [0.1, 0.15) is 25.7 Å². The molecule has 1 aromatic heterocycles. The van der Waals surface area contributed by atoms with Crippen molar-refractivity contribution in [3.63, 3.8) is 0 Å². The highest BCUT2D eigenvalue weighted by Crippen LogP contribution is 2.37. The van der Waals surface area contributed by atoms with Gasteiger partial charge in [-0.2, -0.15) is 0 Å². The van der Waals surface area contributed by atoms with Gasteiger partial charge in [0.15, 0.2) is 0 Å². The maximum atomic E-state index is 12.9. The summed E-state index contributed by atoms with van der Waals surface area (Å²) in [6.07, 6.45) is 7.40. The number of carbonyl (C=O) groups excluding carboxylic acids is 1. The second-order valence-corrected chi connectivity index (χ2v) is 5.94. The number of hydrogen-bond acceptors (Lipinski definition) is 5. The number of aliphatic hydroxyl groups is 1. The van der Waals surface area contributed by atoms with Crippen LogP contribution in [-0.4, -0.2) is 73.9 Å². The van der Waals surface area contributed by atoms with Gasteiger partial charge in [-0.05, 0) is 32.2 Å². The van der Waals surface area contributed by atoms with Crippen LogP contribution in [0.4, 0.5) is 0 Å². The Kier molecular flexibility index (Phi) is 4.21. The summed E-state index contributed by atoms with van der Waals surface area (Å²) in [5.74, 6) is 0.212. The van der Waals surface area contributed by atoms with E-state index in [-0.39, 0.29) is 18.1 Å². The lowest BCUT2D eigenvalue weighted by molar-refractivity contribution is -0.148. The third-order valence-corrected chi connectivity index (χ3v) is 4.79. The van der Waals surface area contributed by atoms with E-state index in [4.69, 9.17) is 5.11 Å². The zero-order chi connectivity index (χ0) is 14.7. The molecule has 3 heterocycles. The molecule has 2 aliphatic rings. The van der Waals surface area contributed by atoms with Crippen molar-refractivity contribution in [2.45, 2.75) is 37.8 Å². The van der Waals surface area contributed by atoms with Gasteiger partial charge in [-0.1, -0.05) is 0 Å². The Labute approximate surface area is 124 Å². The topological polar surface area (TPSA) is 74.5 Å². The summed E-state index contributed by atoms with van der Waals surface area (Å²) in [6, 6.07) is 0. The van der Waals surface area contributed by atoms with Crippen LogP contribution in [-0.2, 0) is 11.3 Å². The lowest BCUT2D eigenvalue weighted by Crippen LogP contribution is -2.60. The summed E-state index contributed by atoms with van der Waals surface area (Å²) >= 11 is 0. The molecule has 2 saturated heterocycles. The molecule has 1 unspecified atom stereocenters. The van der Waals surface area contributed by atoms with Crippen LogP contribution >= 0.6 is 0 Å². The first-order valence-electron chi connectivity index (χ1n) is 7.74. The second kappa shape index (κ2) is 6.11. The molecule has 1 spiro atoms.